The first kappa shape index (κ1) is 15.3. The average Bonchev–Trinajstić information content (AvgIpc) is 2.96. The number of aliphatic carboxylic acids is 1. The largest absolute Gasteiger partial charge is 0.481 e. The van der Waals surface area contributed by atoms with Gasteiger partial charge in [0.2, 0.25) is 5.82 Å². The number of rotatable bonds is 6. The second kappa shape index (κ2) is 6.11. The third-order valence-electron chi connectivity index (χ3n) is 3.87. The van der Waals surface area contributed by atoms with Crippen molar-refractivity contribution in [3.8, 4) is 0 Å². The molecule has 1 saturated carbocycles. The van der Waals surface area contributed by atoms with Crippen molar-refractivity contribution in [1.82, 2.24) is 9.78 Å². The van der Waals surface area contributed by atoms with Gasteiger partial charge >= 0.3 is 11.7 Å². The summed E-state index contributed by atoms with van der Waals surface area (Å²) in [6.07, 6.45) is 2.90. The molecule has 8 heteroatoms. The first-order valence-corrected chi connectivity index (χ1v) is 7.16. The summed E-state index contributed by atoms with van der Waals surface area (Å²) in [5, 5.41) is 27.7. The van der Waals surface area contributed by atoms with Gasteiger partial charge in [-0.25, -0.2) is 4.68 Å². The van der Waals surface area contributed by atoms with E-state index in [-0.39, 0.29) is 11.7 Å². The Kier molecular flexibility index (Phi) is 4.44. The first-order chi connectivity index (χ1) is 9.95. The highest BCUT2D eigenvalue weighted by molar-refractivity contribution is 5.72. The quantitative estimate of drug-likeness (QED) is 0.615. The van der Waals surface area contributed by atoms with E-state index in [0.717, 1.165) is 12.8 Å². The van der Waals surface area contributed by atoms with Crippen LogP contribution in [0.3, 0.4) is 0 Å². The summed E-state index contributed by atoms with van der Waals surface area (Å²) in [7, 11) is 0. The number of carbonyl (C=O) groups is 1. The van der Waals surface area contributed by atoms with E-state index in [0.29, 0.717) is 30.9 Å². The molecule has 8 nitrogen and oxygen atoms in total. The van der Waals surface area contributed by atoms with Crippen LogP contribution < -0.4 is 5.32 Å². The van der Waals surface area contributed by atoms with Crippen LogP contribution in [-0.2, 0) is 11.3 Å². The van der Waals surface area contributed by atoms with E-state index < -0.39 is 16.8 Å². The minimum atomic E-state index is -0.856. The molecule has 2 N–H and O–H groups in total. The zero-order valence-electron chi connectivity index (χ0n) is 12.2. The Bertz CT molecular complexity index is 555. The Morgan fingerprint density at radius 2 is 2.29 bits per heavy atom. The van der Waals surface area contributed by atoms with Crippen molar-refractivity contribution in [2.24, 2.45) is 5.92 Å². The van der Waals surface area contributed by atoms with Crippen molar-refractivity contribution in [2.75, 3.05) is 5.32 Å². The van der Waals surface area contributed by atoms with Crippen LogP contribution in [0.15, 0.2) is 0 Å². The highest BCUT2D eigenvalue weighted by atomic mass is 16.6. The minimum Gasteiger partial charge on any atom is -0.481 e. The number of carboxylic acids is 1. The molecule has 2 unspecified atom stereocenters. The fraction of sp³-hybridized carbons (Fsp3) is 0.692. The molecule has 1 aromatic rings. The smallest absolute Gasteiger partial charge is 0.333 e. The van der Waals surface area contributed by atoms with Gasteiger partial charge < -0.3 is 10.4 Å². The van der Waals surface area contributed by atoms with Gasteiger partial charge in [0.05, 0.1) is 10.8 Å². The summed E-state index contributed by atoms with van der Waals surface area (Å²) in [4.78, 5) is 22.0. The highest BCUT2D eigenvalue weighted by Gasteiger charge is 2.36. The van der Waals surface area contributed by atoms with Crippen molar-refractivity contribution in [1.29, 1.82) is 0 Å². The van der Waals surface area contributed by atoms with E-state index in [9.17, 15) is 20.0 Å². The molecule has 0 bridgehead atoms. The fourth-order valence-electron chi connectivity index (χ4n) is 2.91. The van der Waals surface area contributed by atoms with E-state index in [1.165, 1.54) is 0 Å². The molecule has 0 saturated heterocycles. The molecule has 0 radical (unpaired) electrons. The monoisotopic (exact) mass is 296 g/mol. The molecule has 1 fully saturated rings. The van der Waals surface area contributed by atoms with Crippen LogP contribution in [0, 0.1) is 23.0 Å². The van der Waals surface area contributed by atoms with Gasteiger partial charge in [0.15, 0.2) is 0 Å². The van der Waals surface area contributed by atoms with Gasteiger partial charge in [0.1, 0.15) is 5.69 Å². The van der Waals surface area contributed by atoms with Crippen molar-refractivity contribution in [2.45, 2.75) is 52.1 Å². The van der Waals surface area contributed by atoms with Crippen LogP contribution in [0.5, 0.6) is 0 Å². The topological polar surface area (TPSA) is 110 Å². The molecule has 0 spiro atoms. The van der Waals surface area contributed by atoms with E-state index >= 15 is 0 Å². The van der Waals surface area contributed by atoms with Gasteiger partial charge in [-0.05, 0) is 26.2 Å². The number of nitrogens with zero attached hydrogens (tertiary/aromatic N) is 3. The number of hydrogen-bond donors (Lipinski definition) is 2. The maximum absolute atomic E-state index is 11.2. The van der Waals surface area contributed by atoms with Crippen molar-refractivity contribution >= 4 is 17.5 Å². The number of anilines is 1. The third kappa shape index (κ3) is 2.98. The number of aryl methyl sites for hydroxylation is 2. The van der Waals surface area contributed by atoms with Crippen molar-refractivity contribution in [3.63, 3.8) is 0 Å². The van der Waals surface area contributed by atoms with E-state index in [1.54, 1.807) is 11.6 Å². The molecule has 0 amide bonds. The normalized spacial score (nSPS) is 21.4. The molecule has 1 aliphatic rings. The molecule has 0 aliphatic heterocycles. The van der Waals surface area contributed by atoms with Crippen LogP contribution in [0.25, 0.3) is 0 Å². The highest BCUT2D eigenvalue weighted by Crippen LogP contribution is 2.34. The number of nitro groups is 1. The summed E-state index contributed by atoms with van der Waals surface area (Å²) >= 11 is 0. The summed E-state index contributed by atoms with van der Waals surface area (Å²) < 4.78 is 1.57. The molecule has 0 aromatic carbocycles. The summed E-state index contributed by atoms with van der Waals surface area (Å²) in [6.45, 7) is 4.11. The van der Waals surface area contributed by atoms with Crippen LogP contribution in [0.4, 0.5) is 11.5 Å². The molecular weight excluding hydrogens is 276 g/mol. The lowest BCUT2D eigenvalue weighted by Gasteiger charge is -2.19. The second-order valence-corrected chi connectivity index (χ2v) is 5.39. The Balaban J connectivity index is 2.33. The summed E-state index contributed by atoms with van der Waals surface area (Å²) in [5.74, 6) is -1.03. The fourth-order valence-corrected chi connectivity index (χ4v) is 2.91. The molecule has 1 aromatic heterocycles. The lowest BCUT2D eigenvalue weighted by Crippen LogP contribution is -2.31. The van der Waals surface area contributed by atoms with Crippen molar-refractivity contribution in [3.05, 3.63) is 15.8 Å². The number of nitrogens with one attached hydrogen (secondary N) is 1. The van der Waals surface area contributed by atoms with E-state index in [1.807, 2.05) is 6.92 Å². The maximum atomic E-state index is 11.2. The predicted molar refractivity (Wildman–Crippen MR) is 76.3 cm³/mol. The SMILES string of the molecule is CCCn1nc(C)c([N+](=O)[O-])c1NC1CCCC1C(=O)O. The Morgan fingerprint density at radius 1 is 1.57 bits per heavy atom. The Labute approximate surface area is 122 Å². The van der Waals surface area contributed by atoms with Gasteiger partial charge in [-0.2, -0.15) is 5.10 Å². The van der Waals surface area contributed by atoms with E-state index in [2.05, 4.69) is 10.4 Å². The van der Waals surface area contributed by atoms with Crippen molar-refractivity contribution < 1.29 is 14.8 Å². The predicted octanol–water partition coefficient (Wildman–Crippen LogP) is 2.17. The second-order valence-electron chi connectivity index (χ2n) is 5.39. The van der Waals surface area contributed by atoms with Crippen LogP contribution in [-0.4, -0.2) is 31.8 Å². The molecule has 21 heavy (non-hydrogen) atoms. The van der Waals surface area contributed by atoms with Crippen LogP contribution >= 0.6 is 0 Å². The Hall–Kier alpha value is -2.12. The number of aromatic nitrogens is 2. The van der Waals surface area contributed by atoms with Gasteiger partial charge in [0.25, 0.3) is 0 Å². The lowest BCUT2D eigenvalue weighted by atomic mass is 10.0. The van der Waals surface area contributed by atoms with Gasteiger partial charge in [-0.1, -0.05) is 13.3 Å². The first-order valence-electron chi connectivity index (χ1n) is 7.16. The molecule has 1 heterocycles. The van der Waals surface area contributed by atoms with Crippen LogP contribution in [0.1, 0.15) is 38.3 Å². The number of carboxylic acid groups (broad SMARTS) is 1. The summed E-state index contributed by atoms with van der Waals surface area (Å²) in [5.41, 5.74) is 0.292. The minimum absolute atomic E-state index is 0.0560. The van der Waals surface area contributed by atoms with Gasteiger partial charge in [0, 0.05) is 12.6 Å². The maximum Gasteiger partial charge on any atom is 0.333 e. The number of hydrogen-bond acceptors (Lipinski definition) is 5. The summed E-state index contributed by atoms with van der Waals surface area (Å²) in [6, 6.07) is -0.284. The molecular formula is C13H20N4O4. The van der Waals surface area contributed by atoms with Gasteiger partial charge in [-0.3, -0.25) is 14.9 Å². The molecule has 2 atom stereocenters. The lowest BCUT2D eigenvalue weighted by molar-refractivity contribution is -0.384. The zero-order chi connectivity index (χ0) is 15.6. The Morgan fingerprint density at radius 3 is 2.86 bits per heavy atom. The molecule has 1 aliphatic carbocycles. The average molecular weight is 296 g/mol. The third-order valence-corrected chi connectivity index (χ3v) is 3.87. The van der Waals surface area contributed by atoms with Gasteiger partial charge in [-0.15, -0.1) is 0 Å². The molecule has 2 rings (SSSR count). The standard InChI is InChI=1S/C13H20N4O4/c1-3-7-16-12(11(17(20)21)8(2)15-16)14-10-6-4-5-9(10)13(18)19/h9-10,14H,3-7H2,1-2H3,(H,18,19). The zero-order valence-corrected chi connectivity index (χ0v) is 12.2. The van der Waals surface area contributed by atoms with Crippen LogP contribution in [0.2, 0.25) is 0 Å². The van der Waals surface area contributed by atoms with E-state index in [4.69, 9.17) is 0 Å². The molecule has 116 valence electrons.